The number of hydrogen-bond donors (Lipinski definition) is 1. The Kier molecular flexibility index (Phi) is 2.61. The second-order valence-corrected chi connectivity index (χ2v) is 4.92. The third kappa shape index (κ3) is 1.89. The van der Waals surface area contributed by atoms with E-state index in [0.29, 0.717) is 6.04 Å². The largest absolute Gasteiger partial charge is 0.374 e. The molecule has 2 atom stereocenters. The average Bonchev–Trinajstić information content (AvgIpc) is 2.51. The van der Waals surface area contributed by atoms with Crippen molar-refractivity contribution in [3.63, 3.8) is 0 Å². The van der Waals surface area contributed by atoms with Gasteiger partial charge in [-0.15, -0.1) is 0 Å². The normalized spacial score (nSPS) is 40.4. The van der Waals surface area contributed by atoms with Crippen LogP contribution in [0.4, 0.5) is 0 Å². The van der Waals surface area contributed by atoms with Gasteiger partial charge in [0.2, 0.25) is 0 Å². The molecule has 13 heavy (non-hydrogen) atoms. The highest BCUT2D eigenvalue weighted by atomic mass is 16.5. The Balaban J connectivity index is 1.94. The molecule has 0 aromatic carbocycles. The molecule has 1 spiro atoms. The lowest BCUT2D eigenvalue weighted by Crippen LogP contribution is -2.38. The van der Waals surface area contributed by atoms with Gasteiger partial charge < -0.3 is 10.1 Å². The molecule has 0 aliphatic carbocycles. The number of rotatable bonds is 1. The van der Waals surface area contributed by atoms with Crippen LogP contribution in [0.3, 0.4) is 0 Å². The minimum atomic E-state index is 0.215. The maximum absolute atomic E-state index is 5.94. The summed E-state index contributed by atoms with van der Waals surface area (Å²) in [6.45, 7) is 6.64. The van der Waals surface area contributed by atoms with Crippen LogP contribution in [0.5, 0.6) is 0 Å². The van der Waals surface area contributed by atoms with Crippen molar-refractivity contribution in [3.8, 4) is 0 Å². The van der Waals surface area contributed by atoms with Crippen LogP contribution >= 0.6 is 0 Å². The molecule has 2 aliphatic heterocycles. The number of nitrogens with one attached hydrogen (secondary N) is 1. The van der Waals surface area contributed by atoms with Gasteiger partial charge in [-0.05, 0) is 31.6 Å². The van der Waals surface area contributed by atoms with Gasteiger partial charge >= 0.3 is 0 Å². The summed E-state index contributed by atoms with van der Waals surface area (Å²) in [5, 5.41) is 3.59. The summed E-state index contributed by atoms with van der Waals surface area (Å²) >= 11 is 0. The van der Waals surface area contributed by atoms with Crippen LogP contribution in [0.25, 0.3) is 0 Å². The highest BCUT2D eigenvalue weighted by molar-refractivity contribution is 4.97. The van der Waals surface area contributed by atoms with E-state index in [1.807, 2.05) is 0 Å². The van der Waals surface area contributed by atoms with E-state index in [0.717, 1.165) is 19.1 Å². The summed E-state index contributed by atoms with van der Waals surface area (Å²) in [5.41, 5.74) is 0.215. The van der Waals surface area contributed by atoms with E-state index < -0.39 is 0 Å². The molecule has 2 aliphatic rings. The minimum Gasteiger partial charge on any atom is -0.374 e. The molecule has 0 saturated carbocycles. The van der Waals surface area contributed by atoms with Crippen molar-refractivity contribution < 1.29 is 4.74 Å². The van der Waals surface area contributed by atoms with Crippen molar-refractivity contribution in [2.45, 2.75) is 51.2 Å². The van der Waals surface area contributed by atoms with Gasteiger partial charge in [0.15, 0.2) is 0 Å². The van der Waals surface area contributed by atoms with Crippen LogP contribution in [0, 0.1) is 5.92 Å². The maximum atomic E-state index is 5.94. The Bertz CT molecular complexity index is 173. The summed E-state index contributed by atoms with van der Waals surface area (Å²) < 4.78 is 5.94. The fourth-order valence-corrected chi connectivity index (χ4v) is 2.54. The maximum Gasteiger partial charge on any atom is 0.0821 e. The highest BCUT2D eigenvalue weighted by Crippen LogP contribution is 2.34. The van der Waals surface area contributed by atoms with Gasteiger partial charge in [0.1, 0.15) is 0 Å². The second-order valence-electron chi connectivity index (χ2n) is 4.92. The zero-order valence-electron chi connectivity index (χ0n) is 8.81. The second kappa shape index (κ2) is 3.58. The monoisotopic (exact) mass is 183 g/mol. The molecule has 2 saturated heterocycles. The van der Waals surface area contributed by atoms with Gasteiger partial charge in [-0.2, -0.15) is 0 Å². The van der Waals surface area contributed by atoms with E-state index in [1.54, 1.807) is 0 Å². The van der Waals surface area contributed by atoms with Crippen molar-refractivity contribution in [1.29, 1.82) is 0 Å². The van der Waals surface area contributed by atoms with Crippen LogP contribution in [-0.2, 0) is 4.74 Å². The predicted octanol–water partition coefficient (Wildman–Crippen LogP) is 1.94. The zero-order valence-corrected chi connectivity index (χ0v) is 8.81. The van der Waals surface area contributed by atoms with Gasteiger partial charge in [-0.3, -0.25) is 0 Å². The lowest BCUT2D eigenvalue weighted by atomic mass is 9.88. The van der Waals surface area contributed by atoms with Crippen LogP contribution in [-0.4, -0.2) is 24.8 Å². The minimum absolute atomic E-state index is 0.215. The molecule has 2 nitrogen and oxygen atoms in total. The van der Waals surface area contributed by atoms with E-state index in [2.05, 4.69) is 19.2 Å². The number of ether oxygens (including phenoxy) is 1. The molecule has 0 amide bonds. The van der Waals surface area contributed by atoms with Crippen LogP contribution in [0.15, 0.2) is 0 Å². The molecular formula is C11H21NO. The first-order valence-electron chi connectivity index (χ1n) is 5.59. The Morgan fingerprint density at radius 2 is 2.23 bits per heavy atom. The van der Waals surface area contributed by atoms with Crippen LogP contribution < -0.4 is 5.32 Å². The van der Waals surface area contributed by atoms with E-state index in [4.69, 9.17) is 4.74 Å². The Morgan fingerprint density at radius 3 is 2.77 bits per heavy atom. The first kappa shape index (κ1) is 9.47. The predicted molar refractivity (Wildman–Crippen MR) is 53.8 cm³/mol. The van der Waals surface area contributed by atoms with Crippen molar-refractivity contribution in [2.24, 2.45) is 5.92 Å². The molecule has 0 aromatic rings. The van der Waals surface area contributed by atoms with Gasteiger partial charge in [-0.1, -0.05) is 13.8 Å². The summed E-state index contributed by atoms with van der Waals surface area (Å²) in [7, 11) is 0. The molecular weight excluding hydrogens is 162 g/mol. The fraction of sp³-hybridized carbons (Fsp3) is 1.00. The quantitative estimate of drug-likeness (QED) is 0.671. The van der Waals surface area contributed by atoms with E-state index >= 15 is 0 Å². The summed E-state index contributed by atoms with van der Waals surface area (Å²) in [6.07, 6.45) is 5.11. The Hall–Kier alpha value is -0.0800. The van der Waals surface area contributed by atoms with Crippen LogP contribution in [0.2, 0.25) is 0 Å². The van der Waals surface area contributed by atoms with Crippen molar-refractivity contribution >= 4 is 0 Å². The van der Waals surface area contributed by atoms with Crippen molar-refractivity contribution in [2.75, 3.05) is 13.2 Å². The van der Waals surface area contributed by atoms with Gasteiger partial charge in [-0.25, -0.2) is 0 Å². The molecule has 2 unspecified atom stereocenters. The molecule has 0 radical (unpaired) electrons. The average molecular weight is 183 g/mol. The topological polar surface area (TPSA) is 21.3 Å². The van der Waals surface area contributed by atoms with E-state index in [1.165, 1.54) is 25.7 Å². The van der Waals surface area contributed by atoms with E-state index in [9.17, 15) is 0 Å². The van der Waals surface area contributed by atoms with Crippen molar-refractivity contribution in [1.82, 2.24) is 5.32 Å². The first-order chi connectivity index (χ1) is 6.22. The lowest BCUT2D eigenvalue weighted by Gasteiger charge is -2.33. The smallest absolute Gasteiger partial charge is 0.0821 e. The summed E-state index contributed by atoms with van der Waals surface area (Å²) in [5.74, 6) is 0.741. The third-order valence-corrected chi connectivity index (χ3v) is 3.52. The third-order valence-electron chi connectivity index (χ3n) is 3.52. The first-order valence-corrected chi connectivity index (χ1v) is 5.59. The molecule has 2 heteroatoms. The standard InChI is InChI=1S/C11H21NO/c1-9(2)10-7-11(8-12-10)5-3-4-6-13-11/h9-10,12H,3-8H2,1-2H3. The van der Waals surface area contributed by atoms with Gasteiger partial charge in [0, 0.05) is 19.2 Å². The van der Waals surface area contributed by atoms with E-state index in [-0.39, 0.29) is 5.60 Å². The lowest BCUT2D eigenvalue weighted by molar-refractivity contribution is -0.0656. The molecule has 1 N–H and O–H groups in total. The molecule has 2 rings (SSSR count). The molecule has 2 heterocycles. The SMILES string of the molecule is CC(C)C1CC2(CCCCO2)CN1. The van der Waals surface area contributed by atoms with Gasteiger partial charge in [0.05, 0.1) is 5.60 Å². The Morgan fingerprint density at radius 1 is 1.38 bits per heavy atom. The Labute approximate surface area is 81.0 Å². The fourth-order valence-electron chi connectivity index (χ4n) is 2.54. The molecule has 0 aromatic heterocycles. The zero-order chi connectivity index (χ0) is 9.31. The van der Waals surface area contributed by atoms with Gasteiger partial charge in [0.25, 0.3) is 0 Å². The number of hydrogen-bond acceptors (Lipinski definition) is 2. The molecule has 76 valence electrons. The van der Waals surface area contributed by atoms with Crippen LogP contribution in [0.1, 0.15) is 39.5 Å². The highest BCUT2D eigenvalue weighted by Gasteiger charge is 2.41. The van der Waals surface area contributed by atoms with Crippen molar-refractivity contribution in [3.05, 3.63) is 0 Å². The summed E-state index contributed by atoms with van der Waals surface area (Å²) in [4.78, 5) is 0. The molecule has 2 fully saturated rings. The summed E-state index contributed by atoms with van der Waals surface area (Å²) in [6, 6.07) is 0.679. The molecule has 0 bridgehead atoms.